The van der Waals surface area contributed by atoms with Crippen molar-refractivity contribution in [1.82, 2.24) is 9.97 Å². The molecule has 25 heavy (non-hydrogen) atoms. The largest absolute Gasteiger partial charge is 0.378 e. The molecule has 1 N–H and O–H groups in total. The molecule has 0 unspecified atom stereocenters. The standard InChI is InChI=1S/C17H19FN4O3/c1-24-11-15-14(16(23)20-13-4-2-12(18)3-5-13)10-19-17(21-15)22-6-8-25-9-7-22/h2-5,10H,6-9,11H2,1H3,(H,20,23). The van der Waals surface area contributed by atoms with Crippen LogP contribution in [0.4, 0.5) is 16.0 Å². The van der Waals surface area contributed by atoms with Crippen LogP contribution in [0.2, 0.25) is 0 Å². The Morgan fingerprint density at radius 3 is 2.72 bits per heavy atom. The van der Waals surface area contributed by atoms with Gasteiger partial charge >= 0.3 is 0 Å². The zero-order chi connectivity index (χ0) is 17.6. The number of methoxy groups -OCH3 is 1. The zero-order valence-electron chi connectivity index (χ0n) is 13.9. The number of amides is 1. The van der Waals surface area contributed by atoms with Crippen molar-refractivity contribution in [3.05, 3.63) is 47.5 Å². The summed E-state index contributed by atoms with van der Waals surface area (Å²) in [5.41, 5.74) is 1.31. The number of benzene rings is 1. The van der Waals surface area contributed by atoms with Gasteiger partial charge in [-0.15, -0.1) is 0 Å². The molecule has 0 spiro atoms. The zero-order valence-corrected chi connectivity index (χ0v) is 13.9. The lowest BCUT2D eigenvalue weighted by Gasteiger charge is -2.27. The Hall–Kier alpha value is -2.58. The van der Waals surface area contributed by atoms with Gasteiger partial charge in [-0.2, -0.15) is 0 Å². The fraction of sp³-hybridized carbons (Fsp3) is 0.353. The number of nitrogens with zero attached hydrogens (tertiary/aromatic N) is 3. The first kappa shape index (κ1) is 17.2. The molecule has 1 aromatic carbocycles. The van der Waals surface area contributed by atoms with Crippen LogP contribution in [0, 0.1) is 5.82 Å². The number of halogens is 1. The van der Waals surface area contributed by atoms with E-state index in [9.17, 15) is 9.18 Å². The van der Waals surface area contributed by atoms with E-state index in [0.29, 0.717) is 49.2 Å². The van der Waals surface area contributed by atoms with E-state index in [1.54, 1.807) is 0 Å². The molecule has 132 valence electrons. The Kier molecular flexibility index (Phi) is 5.52. The van der Waals surface area contributed by atoms with Crippen LogP contribution in [-0.4, -0.2) is 49.3 Å². The molecule has 0 bridgehead atoms. The molecule has 0 atom stereocenters. The van der Waals surface area contributed by atoms with Gasteiger partial charge in [0.25, 0.3) is 5.91 Å². The molecule has 1 aliphatic heterocycles. The van der Waals surface area contributed by atoms with Crippen LogP contribution < -0.4 is 10.2 Å². The van der Waals surface area contributed by atoms with Crippen LogP contribution >= 0.6 is 0 Å². The van der Waals surface area contributed by atoms with E-state index >= 15 is 0 Å². The predicted molar refractivity (Wildman–Crippen MR) is 90.1 cm³/mol. The van der Waals surface area contributed by atoms with Gasteiger partial charge in [0.05, 0.1) is 31.1 Å². The van der Waals surface area contributed by atoms with Gasteiger partial charge in [0.2, 0.25) is 5.95 Å². The minimum atomic E-state index is -0.368. The molecule has 0 saturated carbocycles. The molecular formula is C17H19FN4O3. The fourth-order valence-corrected chi connectivity index (χ4v) is 2.49. The van der Waals surface area contributed by atoms with Crippen LogP contribution in [0.3, 0.4) is 0 Å². The highest BCUT2D eigenvalue weighted by Crippen LogP contribution is 2.16. The maximum Gasteiger partial charge on any atom is 0.259 e. The van der Waals surface area contributed by atoms with Gasteiger partial charge < -0.3 is 19.7 Å². The van der Waals surface area contributed by atoms with Crippen molar-refractivity contribution >= 4 is 17.5 Å². The van der Waals surface area contributed by atoms with E-state index in [1.807, 2.05) is 4.90 Å². The SMILES string of the molecule is COCc1nc(N2CCOCC2)ncc1C(=O)Nc1ccc(F)cc1. The third-order valence-corrected chi connectivity index (χ3v) is 3.78. The lowest BCUT2D eigenvalue weighted by molar-refractivity contribution is 0.102. The monoisotopic (exact) mass is 346 g/mol. The topological polar surface area (TPSA) is 76.6 Å². The predicted octanol–water partition coefficient (Wildman–Crippen LogP) is 1.85. The first-order valence-electron chi connectivity index (χ1n) is 7.92. The van der Waals surface area contributed by atoms with Crippen molar-refractivity contribution in [2.75, 3.05) is 43.6 Å². The van der Waals surface area contributed by atoms with Crippen LogP contribution in [0.5, 0.6) is 0 Å². The van der Waals surface area contributed by atoms with Crippen molar-refractivity contribution < 1.29 is 18.7 Å². The smallest absolute Gasteiger partial charge is 0.259 e. The first-order chi connectivity index (χ1) is 12.2. The number of rotatable bonds is 5. The average molecular weight is 346 g/mol. The Morgan fingerprint density at radius 2 is 2.04 bits per heavy atom. The molecule has 1 aliphatic rings. The Morgan fingerprint density at radius 1 is 1.32 bits per heavy atom. The number of hydrogen-bond acceptors (Lipinski definition) is 6. The highest BCUT2D eigenvalue weighted by molar-refractivity contribution is 6.04. The minimum absolute atomic E-state index is 0.187. The minimum Gasteiger partial charge on any atom is -0.378 e. The van der Waals surface area contributed by atoms with Crippen LogP contribution in [0.15, 0.2) is 30.5 Å². The van der Waals surface area contributed by atoms with Crippen LogP contribution in [-0.2, 0) is 16.1 Å². The van der Waals surface area contributed by atoms with E-state index in [2.05, 4.69) is 15.3 Å². The van der Waals surface area contributed by atoms with E-state index in [0.717, 1.165) is 0 Å². The molecule has 1 amide bonds. The summed E-state index contributed by atoms with van der Waals surface area (Å²) in [7, 11) is 1.54. The quantitative estimate of drug-likeness (QED) is 0.890. The van der Waals surface area contributed by atoms with Gasteiger partial charge in [0.1, 0.15) is 5.82 Å². The number of morpholine rings is 1. The number of aromatic nitrogens is 2. The summed E-state index contributed by atoms with van der Waals surface area (Å²) in [6.45, 7) is 2.83. The maximum absolute atomic E-state index is 13.0. The summed E-state index contributed by atoms with van der Waals surface area (Å²) in [6, 6.07) is 5.55. The van der Waals surface area contributed by atoms with Gasteiger partial charge in [-0.1, -0.05) is 0 Å². The van der Waals surface area contributed by atoms with Crippen molar-refractivity contribution in [2.24, 2.45) is 0 Å². The molecule has 1 saturated heterocycles. The number of carbonyl (C=O) groups is 1. The molecule has 2 aromatic rings. The van der Waals surface area contributed by atoms with Crippen molar-refractivity contribution in [2.45, 2.75) is 6.61 Å². The molecule has 3 rings (SSSR count). The van der Waals surface area contributed by atoms with Gasteiger partial charge in [-0.3, -0.25) is 4.79 Å². The lowest BCUT2D eigenvalue weighted by Crippen LogP contribution is -2.37. The van der Waals surface area contributed by atoms with Gasteiger partial charge in [0, 0.05) is 32.1 Å². The maximum atomic E-state index is 13.0. The third-order valence-electron chi connectivity index (χ3n) is 3.78. The highest BCUT2D eigenvalue weighted by atomic mass is 19.1. The summed E-state index contributed by atoms with van der Waals surface area (Å²) in [6.07, 6.45) is 1.49. The van der Waals surface area contributed by atoms with Gasteiger partial charge in [-0.05, 0) is 24.3 Å². The molecule has 2 heterocycles. The second-order valence-electron chi connectivity index (χ2n) is 5.52. The van der Waals surface area contributed by atoms with E-state index in [1.165, 1.54) is 37.6 Å². The molecule has 0 radical (unpaired) electrons. The number of nitrogens with one attached hydrogen (secondary N) is 1. The van der Waals surface area contributed by atoms with E-state index in [4.69, 9.17) is 9.47 Å². The molecule has 7 nitrogen and oxygen atoms in total. The molecule has 0 aliphatic carbocycles. The second kappa shape index (κ2) is 8.00. The summed E-state index contributed by atoms with van der Waals surface area (Å²) < 4.78 is 23.5. The number of ether oxygens (including phenoxy) is 2. The van der Waals surface area contributed by atoms with E-state index < -0.39 is 0 Å². The molecule has 1 fully saturated rings. The van der Waals surface area contributed by atoms with Crippen LogP contribution in [0.1, 0.15) is 16.1 Å². The fourth-order valence-electron chi connectivity index (χ4n) is 2.49. The first-order valence-corrected chi connectivity index (χ1v) is 7.92. The van der Waals surface area contributed by atoms with Gasteiger partial charge in [-0.25, -0.2) is 14.4 Å². The Labute approximate surface area is 144 Å². The summed E-state index contributed by atoms with van der Waals surface area (Å²) in [4.78, 5) is 23.3. The number of anilines is 2. The highest BCUT2D eigenvalue weighted by Gasteiger charge is 2.19. The summed E-state index contributed by atoms with van der Waals surface area (Å²) in [5.74, 6) is -0.183. The summed E-state index contributed by atoms with van der Waals surface area (Å²) >= 11 is 0. The van der Waals surface area contributed by atoms with Crippen molar-refractivity contribution in [3.63, 3.8) is 0 Å². The Balaban J connectivity index is 1.81. The molecular weight excluding hydrogens is 327 g/mol. The second-order valence-corrected chi connectivity index (χ2v) is 5.52. The molecule has 1 aromatic heterocycles. The van der Waals surface area contributed by atoms with Crippen molar-refractivity contribution in [1.29, 1.82) is 0 Å². The third kappa shape index (κ3) is 4.28. The summed E-state index contributed by atoms with van der Waals surface area (Å²) in [5, 5.41) is 2.71. The van der Waals surface area contributed by atoms with Crippen molar-refractivity contribution in [3.8, 4) is 0 Å². The lowest BCUT2D eigenvalue weighted by atomic mass is 10.2. The van der Waals surface area contributed by atoms with Gasteiger partial charge in [0.15, 0.2) is 0 Å². The van der Waals surface area contributed by atoms with Crippen LogP contribution in [0.25, 0.3) is 0 Å². The number of hydrogen-bond donors (Lipinski definition) is 1. The number of carbonyl (C=O) groups excluding carboxylic acids is 1. The molecule has 8 heteroatoms. The van der Waals surface area contributed by atoms with E-state index in [-0.39, 0.29) is 18.3 Å². The average Bonchev–Trinajstić information content (AvgIpc) is 2.64. The normalized spacial score (nSPS) is 14.4. The Bertz CT molecular complexity index is 733.